The highest BCUT2D eigenvalue weighted by molar-refractivity contribution is 5.80. The Kier molecular flexibility index (Phi) is 6.16. The second kappa shape index (κ2) is 8.32. The molecule has 1 amide bonds. The third kappa shape index (κ3) is 5.76. The van der Waals surface area contributed by atoms with Crippen LogP contribution in [0.25, 0.3) is 0 Å². The standard InChI is InChI=1S/C17H15F3N2O4/c18-17(19,20)14-9-12(6-7-21-14)8-13(15(23)24)22-16(25)26-10-11-4-2-1-3-5-11/h1-7,9,13H,8,10H2,(H,22,25)(H,23,24). The topological polar surface area (TPSA) is 88.5 Å². The van der Waals surface area contributed by atoms with E-state index in [1.54, 1.807) is 30.3 Å². The number of hydrogen-bond donors (Lipinski definition) is 2. The van der Waals surface area contributed by atoms with Gasteiger partial charge in [0.2, 0.25) is 0 Å². The number of hydrogen-bond acceptors (Lipinski definition) is 4. The molecule has 2 aromatic rings. The van der Waals surface area contributed by atoms with E-state index in [0.717, 1.165) is 12.3 Å². The number of nitrogens with one attached hydrogen (secondary N) is 1. The van der Waals surface area contributed by atoms with Crippen LogP contribution in [0.4, 0.5) is 18.0 Å². The number of alkyl carbamates (subject to hydrolysis) is 1. The highest BCUT2D eigenvalue weighted by Crippen LogP contribution is 2.27. The Bertz CT molecular complexity index is 766. The van der Waals surface area contributed by atoms with Crippen molar-refractivity contribution in [3.63, 3.8) is 0 Å². The molecule has 1 atom stereocenters. The van der Waals surface area contributed by atoms with Gasteiger partial charge in [0, 0.05) is 12.6 Å². The van der Waals surface area contributed by atoms with Crippen molar-refractivity contribution in [3.8, 4) is 0 Å². The number of ether oxygens (including phenoxy) is 1. The van der Waals surface area contributed by atoms with Gasteiger partial charge in [-0.2, -0.15) is 13.2 Å². The number of alkyl halides is 3. The van der Waals surface area contributed by atoms with Crippen molar-refractivity contribution in [1.29, 1.82) is 0 Å². The minimum Gasteiger partial charge on any atom is -0.480 e. The number of aromatic nitrogens is 1. The second-order valence-corrected chi connectivity index (χ2v) is 5.35. The molecule has 0 saturated carbocycles. The number of aliphatic carboxylic acids is 1. The molecule has 0 fully saturated rings. The van der Waals surface area contributed by atoms with Gasteiger partial charge in [-0.3, -0.25) is 4.98 Å². The average molecular weight is 368 g/mol. The van der Waals surface area contributed by atoms with Crippen molar-refractivity contribution in [1.82, 2.24) is 10.3 Å². The lowest BCUT2D eigenvalue weighted by atomic mass is 10.1. The molecule has 138 valence electrons. The molecule has 0 aliphatic heterocycles. The third-order valence-electron chi connectivity index (χ3n) is 3.36. The summed E-state index contributed by atoms with van der Waals surface area (Å²) in [6.45, 7) is -0.0630. The SMILES string of the molecule is O=C(NC(Cc1ccnc(C(F)(F)F)c1)C(=O)O)OCc1ccccc1. The van der Waals surface area contributed by atoms with E-state index in [2.05, 4.69) is 10.3 Å². The molecular weight excluding hydrogens is 353 g/mol. The zero-order chi connectivity index (χ0) is 19.2. The summed E-state index contributed by atoms with van der Waals surface area (Å²) in [4.78, 5) is 26.2. The van der Waals surface area contributed by atoms with Crippen molar-refractivity contribution in [3.05, 3.63) is 65.5 Å². The number of benzene rings is 1. The van der Waals surface area contributed by atoms with Gasteiger partial charge in [0.15, 0.2) is 0 Å². The van der Waals surface area contributed by atoms with E-state index < -0.39 is 30.0 Å². The van der Waals surface area contributed by atoms with Crippen molar-refractivity contribution in [2.24, 2.45) is 0 Å². The van der Waals surface area contributed by atoms with Gasteiger partial charge in [0.05, 0.1) is 0 Å². The van der Waals surface area contributed by atoms with Gasteiger partial charge in [0.25, 0.3) is 0 Å². The van der Waals surface area contributed by atoms with Crippen molar-refractivity contribution >= 4 is 12.1 Å². The number of rotatable bonds is 6. The Labute approximate surface area is 146 Å². The van der Waals surface area contributed by atoms with E-state index >= 15 is 0 Å². The predicted molar refractivity (Wildman–Crippen MR) is 84.1 cm³/mol. The highest BCUT2D eigenvalue weighted by atomic mass is 19.4. The Hall–Kier alpha value is -3.10. The first-order valence-electron chi connectivity index (χ1n) is 7.48. The molecule has 2 N–H and O–H groups in total. The fourth-order valence-electron chi connectivity index (χ4n) is 2.10. The molecule has 0 saturated heterocycles. The Balaban J connectivity index is 1.98. The van der Waals surface area contributed by atoms with Crippen LogP contribution < -0.4 is 5.32 Å². The molecule has 1 aromatic heterocycles. The molecule has 0 spiro atoms. The number of nitrogens with zero attached hydrogens (tertiary/aromatic N) is 1. The van der Waals surface area contributed by atoms with Crippen LogP contribution in [-0.2, 0) is 28.7 Å². The van der Waals surface area contributed by atoms with Crippen LogP contribution in [0.2, 0.25) is 0 Å². The van der Waals surface area contributed by atoms with Gasteiger partial charge >= 0.3 is 18.2 Å². The summed E-state index contributed by atoms with van der Waals surface area (Å²) in [7, 11) is 0. The smallest absolute Gasteiger partial charge is 0.433 e. The number of carbonyl (C=O) groups excluding carboxylic acids is 1. The summed E-state index contributed by atoms with van der Waals surface area (Å²) in [5.41, 5.74) is -0.354. The molecule has 6 nitrogen and oxygen atoms in total. The largest absolute Gasteiger partial charge is 0.480 e. The third-order valence-corrected chi connectivity index (χ3v) is 3.36. The minimum atomic E-state index is -4.64. The lowest BCUT2D eigenvalue weighted by Gasteiger charge is -2.15. The van der Waals surface area contributed by atoms with E-state index in [9.17, 15) is 27.9 Å². The summed E-state index contributed by atoms with van der Waals surface area (Å²) in [6, 6.07) is 9.27. The van der Waals surface area contributed by atoms with Crippen LogP contribution in [-0.4, -0.2) is 28.2 Å². The van der Waals surface area contributed by atoms with Crippen molar-refractivity contribution in [2.75, 3.05) is 0 Å². The van der Waals surface area contributed by atoms with Crippen LogP contribution in [0, 0.1) is 0 Å². The fraction of sp³-hybridized carbons (Fsp3) is 0.235. The fourth-order valence-corrected chi connectivity index (χ4v) is 2.10. The number of carboxylic acids is 1. The molecule has 0 radical (unpaired) electrons. The lowest BCUT2D eigenvalue weighted by molar-refractivity contribution is -0.141. The number of amides is 1. The maximum absolute atomic E-state index is 12.7. The first kappa shape index (κ1) is 19.2. The van der Waals surface area contributed by atoms with Crippen molar-refractivity contribution < 1.29 is 32.6 Å². The van der Waals surface area contributed by atoms with E-state index in [4.69, 9.17) is 4.74 Å². The number of pyridine rings is 1. The zero-order valence-electron chi connectivity index (χ0n) is 13.4. The minimum absolute atomic E-state index is 0.0630. The number of halogens is 3. The highest BCUT2D eigenvalue weighted by Gasteiger charge is 2.33. The van der Waals surface area contributed by atoms with E-state index in [1.165, 1.54) is 6.07 Å². The van der Waals surface area contributed by atoms with Crippen LogP contribution in [0.3, 0.4) is 0 Å². The van der Waals surface area contributed by atoms with Crippen molar-refractivity contribution in [2.45, 2.75) is 25.2 Å². The monoisotopic (exact) mass is 368 g/mol. The predicted octanol–water partition coefficient (Wildman–Crippen LogP) is 3.02. The molecule has 2 rings (SSSR count). The van der Waals surface area contributed by atoms with E-state index in [0.29, 0.717) is 5.56 Å². The van der Waals surface area contributed by atoms with Crippen LogP contribution >= 0.6 is 0 Å². The molecule has 9 heteroatoms. The normalized spacial score (nSPS) is 12.3. The Morgan fingerprint density at radius 2 is 1.85 bits per heavy atom. The lowest BCUT2D eigenvalue weighted by Crippen LogP contribution is -2.42. The van der Waals surface area contributed by atoms with Crippen LogP contribution in [0.5, 0.6) is 0 Å². The summed E-state index contributed by atoms with van der Waals surface area (Å²) in [5, 5.41) is 11.3. The zero-order valence-corrected chi connectivity index (χ0v) is 13.4. The van der Waals surface area contributed by atoms with Gasteiger partial charge in [0.1, 0.15) is 18.3 Å². The maximum Gasteiger partial charge on any atom is 0.433 e. The van der Waals surface area contributed by atoms with Crippen LogP contribution in [0.1, 0.15) is 16.8 Å². The molecule has 0 bridgehead atoms. The summed E-state index contributed by atoms with van der Waals surface area (Å²) in [5.74, 6) is -1.40. The van der Waals surface area contributed by atoms with Gasteiger partial charge in [-0.25, -0.2) is 9.59 Å². The summed E-state index contributed by atoms with van der Waals surface area (Å²) >= 11 is 0. The first-order chi connectivity index (χ1) is 12.3. The molecule has 1 unspecified atom stereocenters. The molecule has 1 heterocycles. The number of carbonyl (C=O) groups is 2. The number of carboxylic acid groups (broad SMARTS) is 1. The Morgan fingerprint density at radius 3 is 2.46 bits per heavy atom. The summed E-state index contributed by atoms with van der Waals surface area (Å²) in [6.07, 6.45) is -5.03. The molecular formula is C17H15F3N2O4. The molecule has 0 aliphatic rings. The first-order valence-corrected chi connectivity index (χ1v) is 7.48. The Morgan fingerprint density at radius 1 is 1.15 bits per heavy atom. The van der Waals surface area contributed by atoms with Crippen LogP contribution in [0.15, 0.2) is 48.7 Å². The maximum atomic E-state index is 12.7. The van der Waals surface area contributed by atoms with E-state index in [-0.39, 0.29) is 18.6 Å². The van der Waals surface area contributed by atoms with E-state index in [1.807, 2.05) is 0 Å². The van der Waals surface area contributed by atoms with Gasteiger partial charge in [-0.1, -0.05) is 30.3 Å². The second-order valence-electron chi connectivity index (χ2n) is 5.35. The molecule has 26 heavy (non-hydrogen) atoms. The van der Waals surface area contributed by atoms with Gasteiger partial charge in [-0.05, 0) is 23.3 Å². The average Bonchev–Trinajstić information content (AvgIpc) is 2.60. The van der Waals surface area contributed by atoms with Gasteiger partial charge in [-0.15, -0.1) is 0 Å². The quantitative estimate of drug-likeness (QED) is 0.818. The molecule has 1 aromatic carbocycles. The molecule has 0 aliphatic carbocycles. The van der Waals surface area contributed by atoms with Gasteiger partial charge < -0.3 is 15.2 Å². The summed E-state index contributed by atoms with van der Waals surface area (Å²) < 4.78 is 42.9.